The highest BCUT2D eigenvalue weighted by Crippen LogP contribution is 2.47. The van der Waals surface area contributed by atoms with E-state index in [1.165, 1.54) is 6.92 Å². The fraction of sp³-hybridized carbons (Fsp3) is 0.222. The number of hydrogen-bond donors (Lipinski definition) is 1. The van der Waals surface area contributed by atoms with E-state index in [1.54, 1.807) is 18.5 Å². The van der Waals surface area contributed by atoms with Gasteiger partial charge in [0, 0.05) is 43.3 Å². The standard InChI is InChI=1S/C18H13Cl2N5O2/c1-9(26)24-12-2-4-25-17(12)14(10-7-22-23-8-10)15-13(27-5-3-21)6-11(19)16(20)18(15)25/h6-8H,2,4-5H2,1H3,(H,22,23). The molecule has 7 nitrogen and oxygen atoms in total. The SMILES string of the molecule is CC(=O)N=C1CCn2c1c(-c1cn[nH]c1)c1c(OCC#N)cc(Cl)c(Cl)c12. The molecule has 0 saturated carbocycles. The molecule has 136 valence electrons. The van der Waals surface area contributed by atoms with Gasteiger partial charge >= 0.3 is 0 Å². The van der Waals surface area contributed by atoms with Gasteiger partial charge in [-0.2, -0.15) is 10.4 Å². The van der Waals surface area contributed by atoms with Crippen LogP contribution < -0.4 is 4.74 Å². The molecule has 1 aliphatic heterocycles. The number of ether oxygens (including phenoxy) is 1. The minimum absolute atomic E-state index is 0.132. The van der Waals surface area contributed by atoms with E-state index >= 15 is 0 Å². The maximum absolute atomic E-state index is 11.6. The van der Waals surface area contributed by atoms with Gasteiger partial charge in [-0.05, 0) is 0 Å². The lowest BCUT2D eigenvalue weighted by Crippen LogP contribution is -2.01. The van der Waals surface area contributed by atoms with Gasteiger partial charge in [0.15, 0.2) is 6.61 Å². The molecular formula is C18H13Cl2N5O2. The van der Waals surface area contributed by atoms with E-state index in [1.807, 2.05) is 10.6 Å². The Morgan fingerprint density at radius 2 is 2.33 bits per heavy atom. The number of halogens is 2. The Balaban J connectivity index is 2.15. The molecule has 1 aliphatic rings. The summed E-state index contributed by atoms with van der Waals surface area (Å²) in [4.78, 5) is 15.8. The van der Waals surface area contributed by atoms with Crippen molar-refractivity contribution in [3.63, 3.8) is 0 Å². The molecule has 1 N–H and O–H groups in total. The fourth-order valence-electron chi connectivity index (χ4n) is 3.50. The van der Waals surface area contributed by atoms with E-state index in [9.17, 15) is 4.79 Å². The van der Waals surface area contributed by atoms with E-state index < -0.39 is 0 Å². The fourth-order valence-corrected chi connectivity index (χ4v) is 3.94. The maximum atomic E-state index is 11.6. The van der Waals surface area contributed by atoms with Crippen molar-refractivity contribution in [2.24, 2.45) is 4.99 Å². The van der Waals surface area contributed by atoms with Gasteiger partial charge in [-0.25, -0.2) is 4.99 Å². The highest BCUT2D eigenvalue weighted by molar-refractivity contribution is 6.46. The summed E-state index contributed by atoms with van der Waals surface area (Å²) in [6.45, 7) is 1.89. The predicted octanol–water partition coefficient (Wildman–Crippen LogP) is 3.98. The number of hydrogen-bond acceptors (Lipinski definition) is 4. The number of aryl methyl sites for hydroxylation is 1. The molecular weight excluding hydrogens is 389 g/mol. The molecule has 0 aliphatic carbocycles. The van der Waals surface area contributed by atoms with E-state index in [2.05, 4.69) is 15.2 Å². The Bertz CT molecular complexity index is 1140. The molecule has 3 heterocycles. The molecule has 0 spiro atoms. The third-order valence-corrected chi connectivity index (χ3v) is 5.18. The lowest BCUT2D eigenvalue weighted by atomic mass is 10.0. The predicted molar refractivity (Wildman–Crippen MR) is 102 cm³/mol. The summed E-state index contributed by atoms with van der Waals surface area (Å²) in [7, 11) is 0. The molecule has 1 aromatic carbocycles. The monoisotopic (exact) mass is 401 g/mol. The Labute approximate surface area is 164 Å². The molecule has 4 rings (SSSR count). The molecule has 9 heteroatoms. The van der Waals surface area contributed by atoms with Crippen LogP contribution in [0.5, 0.6) is 5.75 Å². The molecule has 3 aromatic rings. The van der Waals surface area contributed by atoms with E-state index in [4.69, 9.17) is 33.2 Å². The van der Waals surface area contributed by atoms with Gasteiger partial charge in [0.1, 0.15) is 11.8 Å². The Morgan fingerprint density at radius 3 is 3.00 bits per heavy atom. The number of carbonyl (C=O) groups is 1. The van der Waals surface area contributed by atoms with Crippen molar-refractivity contribution in [3.8, 4) is 22.9 Å². The number of amides is 1. The number of nitrogens with one attached hydrogen (secondary N) is 1. The average molecular weight is 402 g/mol. The normalized spacial score (nSPS) is 14.5. The number of nitrogens with zero attached hydrogens (tertiary/aromatic N) is 4. The van der Waals surface area contributed by atoms with Crippen LogP contribution in [-0.4, -0.2) is 33.0 Å². The molecule has 0 atom stereocenters. The van der Waals surface area contributed by atoms with Crippen molar-refractivity contribution in [3.05, 3.63) is 34.2 Å². The number of carbonyl (C=O) groups excluding carboxylic acids is 1. The number of fused-ring (bicyclic) bond motifs is 3. The second-order valence-electron chi connectivity index (χ2n) is 6.03. The van der Waals surface area contributed by atoms with Gasteiger partial charge in [0.05, 0.1) is 38.6 Å². The van der Waals surface area contributed by atoms with Crippen molar-refractivity contribution in [2.75, 3.05) is 6.61 Å². The highest BCUT2D eigenvalue weighted by Gasteiger charge is 2.31. The van der Waals surface area contributed by atoms with Gasteiger partial charge in [0.25, 0.3) is 0 Å². The Morgan fingerprint density at radius 1 is 1.52 bits per heavy atom. The lowest BCUT2D eigenvalue weighted by Gasteiger charge is -2.10. The summed E-state index contributed by atoms with van der Waals surface area (Å²) in [5, 5.41) is 17.2. The molecule has 2 aromatic heterocycles. The molecule has 1 amide bonds. The summed E-state index contributed by atoms with van der Waals surface area (Å²) in [6.07, 6.45) is 4.03. The van der Waals surface area contributed by atoms with Crippen LogP contribution in [0.4, 0.5) is 0 Å². The van der Waals surface area contributed by atoms with Crippen LogP contribution in [0.3, 0.4) is 0 Å². The van der Waals surface area contributed by atoms with Gasteiger partial charge < -0.3 is 9.30 Å². The first-order valence-corrected chi connectivity index (χ1v) is 8.90. The first-order chi connectivity index (χ1) is 13.0. The van der Waals surface area contributed by atoms with Crippen molar-refractivity contribution in [1.29, 1.82) is 5.26 Å². The van der Waals surface area contributed by atoms with Crippen molar-refractivity contribution < 1.29 is 9.53 Å². The zero-order chi connectivity index (χ0) is 19.1. The van der Waals surface area contributed by atoms with Crippen LogP contribution in [-0.2, 0) is 11.3 Å². The van der Waals surface area contributed by atoms with Gasteiger partial charge in [-0.1, -0.05) is 23.2 Å². The van der Waals surface area contributed by atoms with Crippen LogP contribution in [0, 0.1) is 11.3 Å². The van der Waals surface area contributed by atoms with Crippen LogP contribution in [0.25, 0.3) is 22.0 Å². The molecule has 27 heavy (non-hydrogen) atoms. The average Bonchev–Trinajstić information content (AvgIpc) is 3.33. The second-order valence-corrected chi connectivity index (χ2v) is 6.82. The minimum Gasteiger partial charge on any atom is -0.478 e. The summed E-state index contributed by atoms with van der Waals surface area (Å²) < 4.78 is 7.63. The number of aromatic amines is 1. The first kappa shape index (κ1) is 17.6. The third-order valence-electron chi connectivity index (χ3n) is 4.40. The number of H-pyrrole nitrogens is 1. The number of aromatic nitrogens is 3. The van der Waals surface area contributed by atoms with Crippen LogP contribution >= 0.6 is 23.2 Å². The third kappa shape index (κ3) is 2.78. The van der Waals surface area contributed by atoms with Crippen molar-refractivity contribution in [2.45, 2.75) is 19.9 Å². The first-order valence-electron chi connectivity index (χ1n) is 8.14. The summed E-state index contributed by atoms with van der Waals surface area (Å²) in [5.41, 5.74) is 3.74. The largest absolute Gasteiger partial charge is 0.478 e. The second kappa shape index (κ2) is 6.72. The number of rotatable bonds is 3. The number of aliphatic imine (C=N–C) groups is 1. The molecule has 0 bridgehead atoms. The van der Waals surface area contributed by atoms with Gasteiger partial charge in [0.2, 0.25) is 5.91 Å². The molecule has 0 saturated heterocycles. The smallest absolute Gasteiger partial charge is 0.242 e. The number of benzene rings is 1. The maximum Gasteiger partial charge on any atom is 0.242 e. The quantitative estimate of drug-likeness (QED) is 0.717. The zero-order valence-electron chi connectivity index (χ0n) is 14.2. The number of nitriles is 1. The Kier molecular flexibility index (Phi) is 4.38. The van der Waals surface area contributed by atoms with Gasteiger partial charge in [-0.3, -0.25) is 9.89 Å². The van der Waals surface area contributed by atoms with E-state index in [-0.39, 0.29) is 12.5 Å². The molecule has 0 unspecified atom stereocenters. The lowest BCUT2D eigenvalue weighted by molar-refractivity contribution is -0.115. The zero-order valence-corrected chi connectivity index (χ0v) is 15.7. The topological polar surface area (TPSA) is 96.1 Å². The van der Waals surface area contributed by atoms with Crippen LogP contribution in [0.1, 0.15) is 19.0 Å². The summed E-state index contributed by atoms with van der Waals surface area (Å²) in [5.74, 6) is 0.174. The minimum atomic E-state index is -0.271. The summed E-state index contributed by atoms with van der Waals surface area (Å²) in [6, 6.07) is 3.56. The van der Waals surface area contributed by atoms with E-state index in [0.717, 1.165) is 16.8 Å². The van der Waals surface area contributed by atoms with Gasteiger partial charge in [-0.15, -0.1) is 0 Å². The highest BCUT2D eigenvalue weighted by atomic mass is 35.5. The van der Waals surface area contributed by atoms with Crippen LogP contribution in [0.2, 0.25) is 10.0 Å². The molecule has 0 radical (unpaired) electrons. The summed E-state index contributed by atoms with van der Waals surface area (Å²) >= 11 is 12.9. The van der Waals surface area contributed by atoms with E-state index in [0.29, 0.717) is 45.4 Å². The van der Waals surface area contributed by atoms with Crippen molar-refractivity contribution >= 4 is 45.7 Å². The Hall–Kier alpha value is -2.82. The molecule has 0 fully saturated rings. The van der Waals surface area contributed by atoms with Crippen molar-refractivity contribution in [1.82, 2.24) is 14.8 Å². The van der Waals surface area contributed by atoms with Crippen LogP contribution in [0.15, 0.2) is 23.5 Å².